The Morgan fingerprint density at radius 3 is 2.71 bits per heavy atom. The minimum absolute atomic E-state index is 0.118. The van der Waals surface area contributed by atoms with Gasteiger partial charge >= 0.3 is 0 Å². The lowest BCUT2D eigenvalue weighted by atomic mass is 10.0. The third kappa shape index (κ3) is 3.37. The van der Waals surface area contributed by atoms with Crippen LogP contribution < -0.4 is 10.9 Å². The Labute approximate surface area is 160 Å². The molecule has 7 heteroatoms. The number of amides is 1. The van der Waals surface area contributed by atoms with Crippen molar-refractivity contribution >= 4 is 16.7 Å². The van der Waals surface area contributed by atoms with Gasteiger partial charge in [0.2, 0.25) is 0 Å². The highest BCUT2D eigenvalue weighted by Crippen LogP contribution is 2.18. The molecule has 0 saturated heterocycles. The van der Waals surface area contributed by atoms with Gasteiger partial charge in [0, 0.05) is 24.9 Å². The van der Waals surface area contributed by atoms with Crippen molar-refractivity contribution in [2.75, 3.05) is 0 Å². The summed E-state index contributed by atoms with van der Waals surface area (Å²) in [6.45, 7) is 0.118. The van der Waals surface area contributed by atoms with E-state index in [0.29, 0.717) is 22.8 Å². The van der Waals surface area contributed by atoms with Gasteiger partial charge in [-0.3, -0.25) is 14.2 Å². The van der Waals surface area contributed by atoms with E-state index in [0.717, 1.165) is 10.8 Å². The number of carbonyl (C=O) groups is 1. The van der Waals surface area contributed by atoms with Crippen molar-refractivity contribution in [3.8, 4) is 11.4 Å². The van der Waals surface area contributed by atoms with Crippen molar-refractivity contribution in [2.24, 2.45) is 7.05 Å². The van der Waals surface area contributed by atoms with Gasteiger partial charge in [-0.25, -0.2) is 15.0 Å². The molecule has 7 nitrogen and oxygen atoms in total. The molecule has 4 rings (SSSR count). The summed E-state index contributed by atoms with van der Waals surface area (Å²) < 4.78 is 1.41. The Bertz CT molecular complexity index is 1210. The number of carbonyl (C=O) groups excluding carboxylic acids is 1. The van der Waals surface area contributed by atoms with E-state index in [4.69, 9.17) is 0 Å². The van der Waals surface area contributed by atoms with E-state index in [1.54, 1.807) is 25.4 Å². The lowest BCUT2D eigenvalue weighted by Crippen LogP contribution is -2.29. The lowest BCUT2D eigenvalue weighted by Gasteiger charge is -2.11. The molecule has 0 aliphatic carbocycles. The van der Waals surface area contributed by atoms with Crippen LogP contribution in [-0.2, 0) is 13.6 Å². The first-order valence-corrected chi connectivity index (χ1v) is 8.73. The number of fused-ring (bicyclic) bond motifs is 1. The first-order chi connectivity index (χ1) is 13.6. The first kappa shape index (κ1) is 17.5. The van der Waals surface area contributed by atoms with Crippen LogP contribution in [0.3, 0.4) is 0 Å². The van der Waals surface area contributed by atoms with Crippen LogP contribution in [-0.4, -0.2) is 25.4 Å². The third-order valence-corrected chi connectivity index (χ3v) is 4.51. The zero-order valence-electron chi connectivity index (χ0n) is 15.2. The van der Waals surface area contributed by atoms with E-state index in [-0.39, 0.29) is 18.0 Å². The summed E-state index contributed by atoms with van der Waals surface area (Å²) in [5.74, 6) is 0.216. The van der Waals surface area contributed by atoms with Crippen LogP contribution in [0.4, 0.5) is 0 Å². The molecule has 0 bridgehead atoms. The second-order valence-electron chi connectivity index (χ2n) is 6.26. The molecule has 2 aromatic heterocycles. The number of hydrogen-bond donors (Lipinski definition) is 1. The standard InChI is InChI=1S/C21H17N5O2/c1-26-19(25-18(11-20(26)27)17-9-10-22-13-24-17)12-23-21(28)16-8-4-6-14-5-2-3-7-15(14)16/h2-11,13H,12H2,1H3,(H,23,28). The first-order valence-electron chi connectivity index (χ1n) is 8.73. The Kier molecular flexibility index (Phi) is 4.63. The maximum atomic E-state index is 12.7. The quantitative estimate of drug-likeness (QED) is 0.595. The predicted molar refractivity (Wildman–Crippen MR) is 106 cm³/mol. The Morgan fingerprint density at radius 1 is 1.07 bits per heavy atom. The third-order valence-electron chi connectivity index (χ3n) is 4.51. The molecule has 0 saturated carbocycles. The van der Waals surface area contributed by atoms with Gasteiger partial charge in [0.05, 0.1) is 17.9 Å². The zero-order valence-corrected chi connectivity index (χ0v) is 15.2. The number of nitrogens with one attached hydrogen (secondary N) is 1. The van der Waals surface area contributed by atoms with Gasteiger partial charge in [0.15, 0.2) is 0 Å². The minimum atomic E-state index is -0.224. The second-order valence-corrected chi connectivity index (χ2v) is 6.26. The summed E-state index contributed by atoms with van der Waals surface area (Å²) >= 11 is 0. The summed E-state index contributed by atoms with van der Waals surface area (Å²) in [5.41, 5.74) is 1.35. The number of aromatic nitrogens is 4. The molecule has 1 N–H and O–H groups in total. The van der Waals surface area contributed by atoms with Gasteiger partial charge in [-0.1, -0.05) is 36.4 Å². The fourth-order valence-corrected chi connectivity index (χ4v) is 3.00. The normalized spacial score (nSPS) is 10.8. The highest BCUT2D eigenvalue weighted by atomic mass is 16.1. The van der Waals surface area contributed by atoms with E-state index < -0.39 is 0 Å². The molecule has 1 amide bonds. The Balaban J connectivity index is 1.62. The van der Waals surface area contributed by atoms with Gasteiger partial charge in [-0.05, 0) is 22.9 Å². The maximum absolute atomic E-state index is 12.7. The molecule has 0 aliphatic heterocycles. The second kappa shape index (κ2) is 7.40. The molecule has 0 unspecified atom stereocenters. The summed E-state index contributed by atoms with van der Waals surface area (Å²) in [4.78, 5) is 37.5. The number of rotatable bonds is 4. The van der Waals surface area contributed by atoms with Gasteiger partial charge in [0.25, 0.3) is 11.5 Å². The Morgan fingerprint density at radius 2 is 1.89 bits per heavy atom. The molecule has 2 heterocycles. The number of nitrogens with zero attached hydrogens (tertiary/aromatic N) is 4. The molecular weight excluding hydrogens is 354 g/mol. The summed E-state index contributed by atoms with van der Waals surface area (Å²) in [7, 11) is 1.62. The molecular formula is C21H17N5O2. The maximum Gasteiger partial charge on any atom is 0.253 e. The zero-order chi connectivity index (χ0) is 19.5. The van der Waals surface area contributed by atoms with Crippen LogP contribution in [0.25, 0.3) is 22.2 Å². The molecule has 4 aromatic rings. The van der Waals surface area contributed by atoms with E-state index in [1.807, 2.05) is 36.4 Å². The molecule has 0 radical (unpaired) electrons. The van der Waals surface area contributed by atoms with Crippen molar-refractivity contribution in [3.63, 3.8) is 0 Å². The number of benzene rings is 2. The average molecular weight is 371 g/mol. The van der Waals surface area contributed by atoms with Crippen LogP contribution in [0.1, 0.15) is 16.2 Å². The molecule has 138 valence electrons. The van der Waals surface area contributed by atoms with Crippen molar-refractivity contribution in [1.29, 1.82) is 0 Å². The van der Waals surface area contributed by atoms with Crippen LogP contribution in [0, 0.1) is 0 Å². The van der Waals surface area contributed by atoms with Crippen LogP contribution in [0.5, 0.6) is 0 Å². The molecule has 28 heavy (non-hydrogen) atoms. The predicted octanol–water partition coefficient (Wildman–Crippen LogP) is 2.32. The average Bonchev–Trinajstić information content (AvgIpc) is 2.74. The summed E-state index contributed by atoms with van der Waals surface area (Å²) in [5, 5.41) is 4.73. The van der Waals surface area contributed by atoms with Crippen molar-refractivity contribution < 1.29 is 4.79 Å². The largest absolute Gasteiger partial charge is 0.345 e. The topological polar surface area (TPSA) is 89.8 Å². The molecule has 0 atom stereocenters. The molecule has 0 fully saturated rings. The van der Waals surface area contributed by atoms with E-state index >= 15 is 0 Å². The fraction of sp³-hybridized carbons (Fsp3) is 0.0952. The molecule has 2 aromatic carbocycles. The van der Waals surface area contributed by atoms with Gasteiger partial charge in [-0.15, -0.1) is 0 Å². The Hall–Kier alpha value is -3.87. The minimum Gasteiger partial charge on any atom is -0.345 e. The highest BCUT2D eigenvalue weighted by Gasteiger charge is 2.12. The smallest absolute Gasteiger partial charge is 0.253 e. The van der Waals surface area contributed by atoms with Crippen LogP contribution in [0.15, 0.2) is 71.9 Å². The van der Waals surface area contributed by atoms with Crippen LogP contribution >= 0.6 is 0 Å². The van der Waals surface area contributed by atoms with Gasteiger partial charge in [-0.2, -0.15) is 0 Å². The van der Waals surface area contributed by atoms with Crippen molar-refractivity contribution in [3.05, 3.63) is 88.9 Å². The van der Waals surface area contributed by atoms with E-state index in [2.05, 4.69) is 20.3 Å². The van der Waals surface area contributed by atoms with E-state index in [1.165, 1.54) is 17.0 Å². The highest BCUT2D eigenvalue weighted by molar-refractivity contribution is 6.06. The molecule has 0 aliphatic rings. The van der Waals surface area contributed by atoms with Crippen molar-refractivity contribution in [2.45, 2.75) is 6.54 Å². The number of hydrogen-bond acceptors (Lipinski definition) is 5. The fourth-order valence-electron chi connectivity index (χ4n) is 3.00. The SMILES string of the molecule is Cn1c(CNC(=O)c2cccc3ccccc23)nc(-c2ccncn2)cc1=O. The lowest BCUT2D eigenvalue weighted by molar-refractivity contribution is 0.0951. The van der Waals surface area contributed by atoms with Crippen LogP contribution in [0.2, 0.25) is 0 Å². The van der Waals surface area contributed by atoms with E-state index in [9.17, 15) is 9.59 Å². The summed E-state index contributed by atoms with van der Waals surface area (Å²) in [6.07, 6.45) is 2.99. The van der Waals surface area contributed by atoms with Gasteiger partial charge in [0.1, 0.15) is 12.2 Å². The van der Waals surface area contributed by atoms with Gasteiger partial charge < -0.3 is 5.32 Å². The van der Waals surface area contributed by atoms with Crippen molar-refractivity contribution in [1.82, 2.24) is 24.8 Å². The molecule has 0 spiro atoms. The summed E-state index contributed by atoms with van der Waals surface area (Å²) in [6, 6.07) is 16.4. The monoisotopic (exact) mass is 371 g/mol.